The van der Waals surface area contributed by atoms with Gasteiger partial charge in [-0.05, 0) is 37.1 Å². The highest BCUT2D eigenvalue weighted by molar-refractivity contribution is 5.96. The Hall–Kier alpha value is -3.09. The Labute approximate surface area is 150 Å². The van der Waals surface area contributed by atoms with E-state index in [1.54, 1.807) is 18.5 Å². The van der Waals surface area contributed by atoms with E-state index in [4.69, 9.17) is 5.73 Å². The first-order valence-corrected chi connectivity index (χ1v) is 8.87. The van der Waals surface area contributed by atoms with Crippen LogP contribution in [0.5, 0.6) is 0 Å². The van der Waals surface area contributed by atoms with Gasteiger partial charge >= 0.3 is 0 Å². The van der Waals surface area contributed by atoms with E-state index in [-0.39, 0.29) is 11.4 Å². The number of carbonyl (C=O) groups is 1. The number of aromatic nitrogens is 3. The van der Waals surface area contributed by atoms with Crippen molar-refractivity contribution < 1.29 is 4.79 Å². The summed E-state index contributed by atoms with van der Waals surface area (Å²) in [4.78, 5) is 29.3. The molecule has 0 unspecified atom stereocenters. The fraction of sp³-hybridized carbons (Fsp3) is 0.316. The minimum absolute atomic E-state index is 0.0731. The number of nitrogens with zero attached hydrogens (tertiary/aromatic N) is 4. The standard InChI is InChI=1S/C19H20N6O/c20-14-3-1-2-13(10-14)18(26)25-9-8-24(11-19(25)5-6-19)17-15-4-7-21-16(15)22-12-23-17/h1-4,7,10,12H,5-6,8-9,11,20H2,(H,21,22,23). The largest absolute Gasteiger partial charge is 0.399 e. The first kappa shape index (κ1) is 15.2. The van der Waals surface area contributed by atoms with Gasteiger partial charge in [0.05, 0.1) is 10.9 Å². The summed E-state index contributed by atoms with van der Waals surface area (Å²) in [5.74, 6) is 1.02. The lowest BCUT2D eigenvalue weighted by Crippen LogP contribution is -2.57. The zero-order chi connectivity index (χ0) is 17.7. The number of fused-ring (bicyclic) bond motifs is 1. The molecule has 1 aromatic carbocycles. The number of piperazine rings is 1. The highest BCUT2D eigenvalue weighted by Gasteiger charge is 2.53. The van der Waals surface area contributed by atoms with Crippen LogP contribution in [0.2, 0.25) is 0 Å². The second-order valence-electron chi connectivity index (χ2n) is 7.17. The minimum Gasteiger partial charge on any atom is -0.399 e. The average Bonchev–Trinajstić information content (AvgIpc) is 3.23. The number of nitrogens with two attached hydrogens (primary N) is 1. The molecule has 2 aromatic heterocycles. The van der Waals surface area contributed by atoms with Crippen molar-refractivity contribution in [2.75, 3.05) is 30.3 Å². The van der Waals surface area contributed by atoms with E-state index in [0.29, 0.717) is 17.8 Å². The number of nitrogens with one attached hydrogen (secondary N) is 1. The average molecular weight is 348 g/mol. The molecule has 132 valence electrons. The molecule has 0 radical (unpaired) electrons. The second kappa shape index (κ2) is 5.45. The quantitative estimate of drug-likeness (QED) is 0.692. The van der Waals surface area contributed by atoms with Gasteiger partial charge in [0, 0.05) is 37.1 Å². The number of rotatable bonds is 2. The lowest BCUT2D eigenvalue weighted by molar-refractivity contribution is 0.0624. The van der Waals surface area contributed by atoms with E-state index in [1.165, 1.54) is 0 Å². The summed E-state index contributed by atoms with van der Waals surface area (Å²) in [6.45, 7) is 2.25. The molecule has 1 aliphatic carbocycles. The van der Waals surface area contributed by atoms with Crippen LogP contribution in [0.1, 0.15) is 23.2 Å². The van der Waals surface area contributed by atoms with Crippen LogP contribution in [-0.4, -0.2) is 50.9 Å². The molecule has 0 atom stereocenters. The Bertz CT molecular complexity index is 992. The maximum Gasteiger partial charge on any atom is 0.254 e. The van der Waals surface area contributed by atoms with Gasteiger partial charge in [-0.25, -0.2) is 9.97 Å². The molecule has 2 aliphatic rings. The Morgan fingerprint density at radius 3 is 2.88 bits per heavy atom. The summed E-state index contributed by atoms with van der Waals surface area (Å²) >= 11 is 0. The van der Waals surface area contributed by atoms with E-state index >= 15 is 0 Å². The number of amides is 1. The third-order valence-electron chi connectivity index (χ3n) is 5.49. The molecular weight excluding hydrogens is 328 g/mol. The summed E-state index contributed by atoms with van der Waals surface area (Å²) in [7, 11) is 0. The van der Waals surface area contributed by atoms with Gasteiger partial charge in [0.2, 0.25) is 0 Å². The number of hydrogen-bond donors (Lipinski definition) is 2. The second-order valence-corrected chi connectivity index (χ2v) is 7.17. The maximum absolute atomic E-state index is 13.0. The molecule has 1 saturated carbocycles. The highest BCUT2D eigenvalue weighted by atomic mass is 16.2. The Kier molecular flexibility index (Phi) is 3.19. The van der Waals surface area contributed by atoms with Crippen LogP contribution in [0.3, 0.4) is 0 Å². The molecule has 5 rings (SSSR count). The summed E-state index contributed by atoms with van der Waals surface area (Å²) in [5, 5.41) is 1.03. The Morgan fingerprint density at radius 2 is 2.08 bits per heavy atom. The molecule has 0 bridgehead atoms. The number of anilines is 2. The molecule has 7 heteroatoms. The number of H-pyrrole nitrogens is 1. The zero-order valence-electron chi connectivity index (χ0n) is 14.4. The van der Waals surface area contributed by atoms with E-state index in [1.807, 2.05) is 29.3 Å². The van der Waals surface area contributed by atoms with Gasteiger partial charge in [0.1, 0.15) is 17.8 Å². The van der Waals surface area contributed by atoms with Crippen LogP contribution >= 0.6 is 0 Å². The third kappa shape index (κ3) is 2.31. The topological polar surface area (TPSA) is 91.1 Å². The van der Waals surface area contributed by atoms with Crippen LogP contribution < -0.4 is 10.6 Å². The number of carbonyl (C=O) groups excluding carboxylic acids is 1. The summed E-state index contributed by atoms with van der Waals surface area (Å²) < 4.78 is 0. The molecule has 1 aliphatic heterocycles. The van der Waals surface area contributed by atoms with Gasteiger partial charge < -0.3 is 20.5 Å². The lowest BCUT2D eigenvalue weighted by atomic mass is 10.1. The van der Waals surface area contributed by atoms with Crippen molar-refractivity contribution >= 4 is 28.4 Å². The predicted molar refractivity (Wildman–Crippen MR) is 100.0 cm³/mol. The first-order chi connectivity index (χ1) is 12.7. The van der Waals surface area contributed by atoms with E-state index in [0.717, 1.165) is 42.8 Å². The monoisotopic (exact) mass is 348 g/mol. The normalized spacial score (nSPS) is 18.5. The van der Waals surface area contributed by atoms with Crippen LogP contribution in [0.15, 0.2) is 42.9 Å². The molecule has 3 N–H and O–H groups in total. The van der Waals surface area contributed by atoms with Crippen molar-refractivity contribution in [1.82, 2.24) is 19.9 Å². The number of benzene rings is 1. The number of nitrogen functional groups attached to an aromatic ring is 1. The van der Waals surface area contributed by atoms with Crippen molar-refractivity contribution in [2.24, 2.45) is 0 Å². The number of hydrogen-bond acceptors (Lipinski definition) is 5. The van der Waals surface area contributed by atoms with Crippen molar-refractivity contribution in [2.45, 2.75) is 18.4 Å². The molecule has 3 heterocycles. The molecule has 26 heavy (non-hydrogen) atoms. The molecule has 7 nitrogen and oxygen atoms in total. The van der Waals surface area contributed by atoms with Gasteiger partial charge in [0.25, 0.3) is 5.91 Å². The minimum atomic E-state index is -0.0898. The first-order valence-electron chi connectivity index (χ1n) is 8.87. The zero-order valence-corrected chi connectivity index (χ0v) is 14.4. The number of aromatic amines is 1. The fourth-order valence-corrected chi connectivity index (χ4v) is 3.99. The van der Waals surface area contributed by atoms with Crippen molar-refractivity contribution in [3.05, 3.63) is 48.4 Å². The summed E-state index contributed by atoms with van der Waals surface area (Å²) in [5.41, 5.74) is 7.90. The molecule has 1 amide bonds. The van der Waals surface area contributed by atoms with Crippen LogP contribution in [0, 0.1) is 0 Å². The molecule has 3 aromatic rings. The van der Waals surface area contributed by atoms with Crippen LogP contribution in [-0.2, 0) is 0 Å². The molecular formula is C19H20N6O. The van der Waals surface area contributed by atoms with Gasteiger partial charge in [-0.3, -0.25) is 4.79 Å². The van der Waals surface area contributed by atoms with Gasteiger partial charge in [0.15, 0.2) is 0 Å². The summed E-state index contributed by atoms with van der Waals surface area (Å²) in [6, 6.07) is 9.25. The maximum atomic E-state index is 13.0. The molecule has 1 spiro atoms. The van der Waals surface area contributed by atoms with E-state index in [2.05, 4.69) is 19.9 Å². The van der Waals surface area contributed by atoms with Gasteiger partial charge in [-0.1, -0.05) is 6.07 Å². The molecule has 1 saturated heterocycles. The highest BCUT2D eigenvalue weighted by Crippen LogP contribution is 2.46. The van der Waals surface area contributed by atoms with Gasteiger partial charge in [-0.15, -0.1) is 0 Å². The smallest absolute Gasteiger partial charge is 0.254 e. The summed E-state index contributed by atoms with van der Waals surface area (Å²) in [6.07, 6.45) is 5.53. The third-order valence-corrected chi connectivity index (χ3v) is 5.49. The fourth-order valence-electron chi connectivity index (χ4n) is 3.99. The Morgan fingerprint density at radius 1 is 1.19 bits per heavy atom. The predicted octanol–water partition coefficient (Wildman–Crippen LogP) is 2.04. The SMILES string of the molecule is Nc1cccc(C(=O)N2CCN(c3ncnc4[nH]ccc34)CC23CC3)c1. The van der Waals surface area contributed by atoms with Crippen LogP contribution in [0.4, 0.5) is 11.5 Å². The van der Waals surface area contributed by atoms with Crippen LogP contribution in [0.25, 0.3) is 11.0 Å². The van der Waals surface area contributed by atoms with E-state index in [9.17, 15) is 4.79 Å². The molecule has 2 fully saturated rings. The van der Waals surface area contributed by atoms with Crippen molar-refractivity contribution in [3.8, 4) is 0 Å². The van der Waals surface area contributed by atoms with Crippen molar-refractivity contribution in [1.29, 1.82) is 0 Å². The Balaban J connectivity index is 1.43. The van der Waals surface area contributed by atoms with Gasteiger partial charge in [-0.2, -0.15) is 0 Å². The van der Waals surface area contributed by atoms with E-state index < -0.39 is 0 Å². The van der Waals surface area contributed by atoms with Crippen molar-refractivity contribution in [3.63, 3.8) is 0 Å². The lowest BCUT2D eigenvalue weighted by Gasteiger charge is -2.43.